The van der Waals surface area contributed by atoms with Crippen LogP contribution in [0.5, 0.6) is 0 Å². The van der Waals surface area contributed by atoms with Crippen molar-refractivity contribution < 1.29 is 13.2 Å². The van der Waals surface area contributed by atoms with Gasteiger partial charge in [0.1, 0.15) is 0 Å². The molecule has 0 unspecified atom stereocenters. The molecule has 1 amide bonds. The number of benzene rings is 1. The number of thioether (sulfide) groups is 1. The molecule has 142 valence electrons. The zero-order valence-electron chi connectivity index (χ0n) is 15.7. The fraction of sp³-hybridized carbons (Fsp3) is 0.579. The molecule has 0 saturated carbocycles. The molecule has 0 N–H and O–H groups in total. The molecule has 1 aromatic carbocycles. The van der Waals surface area contributed by atoms with Gasteiger partial charge in [-0.3, -0.25) is 4.79 Å². The lowest BCUT2D eigenvalue weighted by atomic mass is 10.0. The first-order chi connectivity index (χ1) is 12.3. The Kier molecular flexibility index (Phi) is 5.49. The number of aryl methyl sites for hydroxylation is 2. The molecule has 2 fully saturated rings. The van der Waals surface area contributed by atoms with Gasteiger partial charge in [-0.05, 0) is 43.9 Å². The number of amides is 1. The second-order valence-corrected chi connectivity index (χ2v) is 10.6. The molecule has 2 heterocycles. The van der Waals surface area contributed by atoms with E-state index >= 15 is 0 Å². The van der Waals surface area contributed by atoms with Gasteiger partial charge < -0.3 is 4.90 Å². The number of rotatable bonds is 4. The van der Waals surface area contributed by atoms with Gasteiger partial charge in [-0.1, -0.05) is 37.7 Å². The predicted molar refractivity (Wildman–Crippen MR) is 109 cm³/mol. The molecule has 5 nitrogen and oxygen atoms in total. The van der Waals surface area contributed by atoms with Gasteiger partial charge in [0.25, 0.3) is 5.91 Å². The minimum Gasteiger partial charge on any atom is -0.315 e. The molecule has 3 rings (SSSR count). The molecule has 7 heteroatoms. The normalized spacial score (nSPS) is 25.9. The number of hydrogen-bond acceptors (Lipinski definition) is 4. The van der Waals surface area contributed by atoms with Gasteiger partial charge in [0.15, 0.2) is 15.0 Å². The van der Waals surface area contributed by atoms with E-state index in [1.807, 2.05) is 44.7 Å². The number of carbonyl (C=O) groups is 1. The van der Waals surface area contributed by atoms with Crippen molar-refractivity contribution in [3.63, 3.8) is 0 Å². The Hall–Kier alpha value is -1.34. The van der Waals surface area contributed by atoms with Crippen LogP contribution in [-0.2, 0) is 14.6 Å². The molecule has 2 atom stereocenters. The molecular formula is C19H26N2O3S2. The Morgan fingerprint density at radius 1 is 1.27 bits per heavy atom. The van der Waals surface area contributed by atoms with Gasteiger partial charge in [-0.15, -0.1) is 0 Å². The van der Waals surface area contributed by atoms with Crippen LogP contribution in [0.3, 0.4) is 0 Å². The fourth-order valence-electron chi connectivity index (χ4n) is 3.65. The van der Waals surface area contributed by atoms with Crippen LogP contribution >= 0.6 is 11.8 Å². The Morgan fingerprint density at radius 3 is 2.62 bits per heavy atom. The van der Waals surface area contributed by atoms with E-state index in [0.717, 1.165) is 29.7 Å². The second kappa shape index (κ2) is 7.35. The number of amidine groups is 1. The standard InChI is InChI=1S/C19H26N2O3S2/c1-5-14(6-2)18(22)20-19-21(15-9-12(3)7-8-13(15)4)16-10-26(23,24)11-17(16)25-19/h7-9,14,16-17H,5-6,10-11H2,1-4H3/t16-,17+/m0/s1. The van der Waals surface area contributed by atoms with Crippen LogP contribution < -0.4 is 4.90 Å². The van der Waals surface area contributed by atoms with E-state index in [1.54, 1.807) is 0 Å². The molecule has 2 saturated heterocycles. The van der Waals surface area contributed by atoms with Crippen LogP contribution in [0.1, 0.15) is 37.8 Å². The Bertz CT molecular complexity index is 844. The summed E-state index contributed by atoms with van der Waals surface area (Å²) in [6, 6.07) is 5.97. The fourth-order valence-corrected chi connectivity index (χ4v) is 7.56. The number of anilines is 1. The average Bonchev–Trinajstić information content (AvgIpc) is 3.02. The van der Waals surface area contributed by atoms with Crippen LogP contribution in [0.25, 0.3) is 0 Å². The van der Waals surface area contributed by atoms with E-state index in [-0.39, 0.29) is 34.6 Å². The van der Waals surface area contributed by atoms with Crippen LogP contribution in [0.4, 0.5) is 5.69 Å². The van der Waals surface area contributed by atoms with E-state index in [2.05, 4.69) is 11.1 Å². The molecule has 1 aromatic rings. The van der Waals surface area contributed by atoms with Crippen LogP contribution in [0, 0.1) is 19.8 Å². The number of nitrogens with zero attached hydrogens (tertiary/aromatic N) is 2. The Balaban J connectivity index is 2.04. The molecule has 2 aliphatic rings. The average molecular weight is 395 g/mol. The van der Waals surface area contributed by atoms with Crippen molar-refractivity contribution in [2.24, 2.45) is 10.9 Å². The number of sulfone groups is 1. The van der Waals surface area contributed by atoms with Crippen molar-refractivity contribution in [1.29, 1.82) is 0 Å². The van der Waals surface area contributed by atoms with Gasteiger partial charge in [-0.25, -0.2) is 8.42 Å². The topological polar surface area (TPSA) is 66.8 Å². The molecular weight excluding hydrogens is 368 g/mol. The molecule has 2 aliphatic heterocycles. The highest BCUT2D eigenvalue weighted by molar-refractivity contribution is 8.16. The van der Waals surface area contributed by atoms with Crippen molar-refractivity contribution in [2.75, 3.05) is 16.4 Å². The monoisotopic (exact) mass is 394 g/mol. The van der Waals surface area contributed by atoms with Crippen molar-refractivity contribution in [1.82, 2.24) is 0 Å². The third-order valence-electron chi connectivity index (χ3n) is 5.23. The van der Waals surface area contributed by atoms with Crippen LogP contribution in [0.2, 0.25) is 0 Å². The maximum absolute atomic E-state index is 12.6. The number of fused-ring (bicyclic) bond motifs is 1. The largest absolute Gasteiger partial charge is 0.315 e. The molecule has 0 spiro atoms. The van der Waals surface area contributed by atoms with Crippen LogP contribution in [-0.4, -0.2) is 42.3 Å². The summed E-state index contributed by atoms with van der Waals surface area (Å²) in [5.74, 6) is 0.0985. The number of aliphatic imine (C=N–C) groups is 1. The number of carbonyl (C=O) groups excluding carboxylic acids is 1. The van der Waals surface area contributed by atoms with Crippen molar-refractivity contribution in [3.8, 4) is 0 Å². The van der Waals surface area contributed by atoms with Gasteiger partial charge in [0.2, 0.25) is 0 Å². The Morgan fingerprint density at radius 2 is 1.96 bits per heavy atom. The summed E-state index contributed by atoms with van der Waals surface area (Å²) in [6.45, 7) is 8.02. The zero-order valence-corrected chi connectivity index (χ0v) is 17.4. The quantitative estimate of drug-likeness (QED) is 0.783. The third kappa shape index (κ3) is 3.69. The minimum atomic E-state index is -3.05. The van der Waals surface area contributed by atoms with Gasteiger partial charge in [-0.2, -0.15) is 4.99 Å². The third-order valence-corrected chi connectivity index (χ3v) is 8.44. The maximum atomic E-state index is 12.6. The van der Waals surface area contributed by atoms with Crippen molar-refractivity contribution in [3.05, 3.63) is 29.3 Å². The number of hydrogen-bond donors (Lipinski definition) is 0. The summed E-state index contributed by atoms with van der Waals surface area (Å²) >= 11 is 1.44. The van der Waals surface area contributed by atoms with Gasteiger partial charge in [0.05, 0.1) is 17.5 Å². The van der Waals surface area contributed by atoms with E-state index in [1.165, 1.54) is 11.8 Å². The molecule has 0 radical (unpaired) electrons. The molecule has 0 aromatic heterocycles. The molecule has 26 heavy (non-hydrogen) atoms. The molecule has 0 bridgehead atoms. The van der Waals surface area contributed by atoms with E-state index in [4.69, 9.17) is 0 Å². The first-order valence-electron chi connectivity index (χ1n) is 9.11. The highest BCUT2D eigenvalue weighted by Crippen LogP contribution is 2.42. The second-order valence-electron chi connectivity index (χ2n) is 7.21. The maximum Gasteiger partial charge on any atom is 0.251 e. The first kappa shape index (κ1) is 19.4. The van der Waals surface area contributed by atoms with Gasteiger partial charge >= 0.3 is 0 Å². The SMILES string of the molecule is CCC(CC)C(=O)N=C1S[C@@H]2CS(=O)(=O)C[C@@H]2N1c1cc(C)ccc1C. The summed E-state index contributed by atoms with van der Waals surface area (Å²) in [6.07, 6.45) is 1.53. The Labute approximate surface area is 160 Å². The minimum absolute atomic E-state index is 0.0619. The summed E-state index contributed by atoms with van der Waals surface area (Å²) < 4.78 is 24.3. The van der Waals surface area contributed by atoms with Crippen LogP contribution in [0.15, 0.2) is 23.2 Å². The summed E-state index contributed by atoms with van der Waals surface area (Å²) in [5, 5.41) is 0.591. The lowest BCUT2D eigenvalue weighted by Crippen LogP contribution is -2.38. The lowest BCUT2D eigenvalue weighted by molar-refractivity contribution is -0.121. The smallest absolute Gasteiger partial charge is 0.251 e. The lowest BCUT2D eigenvalue weighted by Gasteiger charge is -2.26. The van der Waals surface area contributed by atoms with E-state index < -0.39 is 9.84 Å². The van der Waals surface area contributed by atoms with Crippen molar-refractivity contribution in [2.45, 2.75) is 51.8 Å². The highest BCUT2D eigenvalue weighted by Gasteiger charge is 2.49. The predicted octanol–water partition coefficient (Wildman–Crippen LogP) is 3.34. The van der Waals surface area contributed by atoms with Crippen molar-refractivity contribution >= 4 is 38.4 Å². The first-order valence-corrected chi connectivity index (χ1v) is 11.8. The van der Waals surface area contributed by atoms with E-state index in [0.29, 0.717) is 5.17 Å². The summed E-state index contributed by atoms with van der Waals surface area (Å²) in [7, 11) is -3.05. The molecule has 0 aliphatic carbocycles. The summed E-state index contributed by atoms with van der Waals surface area (Å²) in [5.41, 5.74) is 3.12. The van der Waals surface area contributed by atoms with Gasteiger partial charge in [0, 0.05) is 16.9 Å². The zero-order chi connectivity index (χ0) is 19.1. The highest BCUT2D eigenvalue weighted by atomic mass is 32.2. The summed E-state index contributed by atoms with van der Waals surface area (Å²) in [4.78, 5) is 19.0. The van der Waals surface area contributed by atoms with E-state index in [9.17, 15) is 13.2 Å².